The number of fused-ring (bicyclic) bond motifs is 1. The summed E-state index contributed by atoms with van der Waals surface area (Å²) in [6, 6.07) is 17.3. The van der Waals surface area contributed by atoms with Gasteiger partial charge in [-0.1, -0.05) is 18.2 Å². The number of aromatic nitrogens is 1. The van der Waals surface area contributed by atoms with E-state index >= 15 is 0 Å². The van der Waals surface area contributed by atoms with Crippen LogP contribution in [0, 0.1) is 0 Å². The van der Waals surface area contributed by atoms with Crippen molar-refractivity contribution in [3.63, 3.8) is 0 Å². The molecule has 6 heteroatoms. The normalized spacial score (nSPS) is 12.8. The van der Waals surface area contributed by atoms with Crippen LogP contribution in [0.5, 0.6) is 11.5 Å². The zero-order chi connectivity index (χ0) is 20.2. The third-order valence-electron chi connectivity index (χ3n) is 5.06. The second kappa shape index (κ2) is 8.22. The number of rotatable bonds is 5. The third kappa shape index (κ3) is 3.87. The number of ether oxygens (including phenoxy) is 2. The van der Waals surface area contributed by atoms with Gasteiger partial charge in [-0.25, -0.2) is 4.98 Å². The summed E-state index contributed by atoms with van der Waals surface area (Å²) in [7, 11) is 3.10. The van der Waals surface area contributed by atoms with Crippen molar-refractivity contribution < 1.29 is 14.3 Å². The highest BCUT2D eigenvalue weighted by Crippen LogP contribution is 2.33. The zero-order valence-corrected chi connectivity index (χ0v) is 16.5. The summed E-state index contributed by atoms with van der Waals surface area (Å²) in [6.07, 6.45) is 4.00. The molecule has 1 aromatic heterocycles. The number of hydrogen-bond acceptors (Lipinski definition) is 5. The molecule has 2 heterocycles. The summed E-state index contributed by atoms with van der Waals surface area (Å²) in [6.45, 7) is 0.954. The minimum Gasteiger partial charge on any atom is -0.493 e. The molecule has 4 rings (SSSR count). The maximum Gasteiger partial charge on any atom is 0.256 e. The van der Waals surface area contributed by atoms with Gasteiger partial charge in [0.2, 0.25) is 0 Å². The lowest BCUT2D eigenvalue weighted by molar-refractivity contribution is 0.102. The van der Waals surface area contributed by atoms with Gasteiger partial charge >= 0.3 is 0 Å². The minimum atomic E-state index is -0.255. The maximum absolute atomic E-state index is 12.6. The highest BCUT2D eigenvalue weighted by atomic mass is 16.5. The van der Waals surface area contributed by atoms with Crippen LogP contribution in [0.3, 0.4) is 0 Å². The van der Waals surface area contributed by atoms with Gasteiger partial charge in [0.15, 0.2) is 11.5 Å². The Labute approximate surface area is 170 Å². The fourth-order valence-electron chi connectivity index (χ4n) is 3.59. The van der Waals surface area contributed by atoms with Crippen molar-refractivity contribution in [1.29, 1.82) is 0 Å². The van der Waals surface area contributed by atoms with Crippen LogP contribution < -0.4 is 19.7 Å². The van der Waals surface area contributed by atoms with E-state index in [1.54, 1.807) is 38.6 Å². The highest BCUT2D eigenvalue weighted by molar-refractivity contribution is 6.04. The minimum absolute atomic E-state index is 0.255. The second-order valence-electron chi connectivity index (χ2n) is 6.81. The molecule has 1 aliphatic rings. The van der Waals surface area contributed by atoms with Gasteiger partial charge in [-0.15, -0.1) is 0 Å². The SMILES string of the molecule is COc1ccc(C(=O)Nc2ccc(N3CCCc4ccccc43)cn2)cc1OC. The van der Waals surface area contributed by atoms with E-state index in [1.807, 2.05) is 12.1 Å². The first-order valence-corrected chi connectivity index (χ1v) is 9.54. The molecule has 0 aliphatic carbocycles. The van der Waals surface area contributed by atoms with Crippen molar-refractivity contribution >= 4 is 23.1 Å². The molecule has 0 saturated heterocycles. The molecular formula is C23H23N3O3. The molecule has 0 spiro atoms. The Hall–Kier alpha value is -3.54. The van der Waals surface area contributed by atoms with Crippen LogP contribution in [0.2, 0.25) is 0 Å². The Kier molecular flexibility index (Phi) is 5.33. The van der Waals surface area contributed by atoms with Crippen molar-refractivity contribution in [2.45, 2.75) is 12.8 Å². The average Bonchev–Trinajstić information content (AvgIpc) is 2.78. The Morgan fingerprint density at radius 2 is 1.86 bits per heavy atom. The van der Waals surface area contributed by atoms with Gasteiger partial charge in [0.05, 0.1) is 26.1 Å². The van der Waals surface area contributed by atoms with Gasteiger partial charge < -0.3 is 19.7 Å². The fraction of sp³-hybridized carbons (Fsp3) is 0.217. The number of methoxy groups -OCH3 is 2. The summed E-state index contributed by atoms with van der Waals surface area (Å²) < 4.78 is 10.5. The number of carbonyl (C=O) groups is 1. The zero-order valence-electron chi connectivity index (χ0n) is 16.5. The number of aryl methyl sites for hydroxylation is 1. The molecule has 0 fully saturated rings. The van der Waals surface area contributed by atoms with E-state index in [0.717, 1.165) is 25.1 Å². The van der Waals surface area contributed by atoms with Gasteiger partial charge in [0, 0.05) is 17.8 Å². The first-order valence-electron chi connectivity index (χ1n) is 9.54. The Bertz CT molecular complexity index is 1020. The van der Waals surface area contributed by atoms with E-state index in [4.69, 9.17) is 9.47 Å². The van der Waals surface area contributed by atoms with E-state index in [0.29, 0.717) is 22.9 Å². The van der Waals surface area contributed by atoms with Crippen molar-refractivity contribution in [1.82, 2.24) is 4.98 Å². The first kappa shape index (κ1) is 18.8. The molecule has 1 aliphatic heterocycles. The predicted molar refractivity (Wildman–Crippen MR) is 114 cm³/mol. The van der Waals surface area contributed by atoms with Crippen LogP contribution in [-0.4, -0.2) is 31.7 Å². The van der Waals surface area contributed by atoms with Crippen LogP contribution in [0.1, 0.15) is 22.3 Å². The number of anilines is 3. The van der Waals surface area contributed by atoms with E-state index in [9.17, 15) is 4.79 Å². The molecule has 1 N–H and O–H groups in total. The maximum atomic E-state index is 12.6. The lowest BCUT2D eigenvalue weighted by atomic mass is 10.0. The smallest absolute Gasteiger partial charge is 0.256 e. The fourth-order valence-corrected chi connectivity index (χ4v) is 3.59. The number of nitrogens with zero attached hydrogens (tertiary/aromatic N) is 2. The molecule has 0 atom stereocenters. The molecule has 0 unspecified atom stereocenters. The largest absolute Gasteiger partial charge is 0.493 e. The number of amides is 1. The van der Waals surface area contributed by atoms with E-state index in [-0.39, 0.29) is 5.91 Å². The Balaban J connectivity index is 1.50. The van der Waals surface area contributed by atoms with E-state index in [2.05, 4.69) is 39.5 Å². The lowest BCUT2D eigenvalue weighted by Crippen LogP contribution is -2.24. The molecule has 1 amide bonds. The van der Waals surface area contributed by atoms with Gasteiger partial charge in [0.1, 0.15) is 5.82 Å². The topological polar surface area (TPSA) is 63.7 Å². The molecule has 6 nitrogen and oxygen atoms in total. The van der Waals surface area contributed by atoms with Gasteiger partial charge in [-0.05, 0) is 54.8 Å². The summed E-state index contributed by atoms with van der Waals surface area (Å²) in [5.74, 6) is 1.33. The predicted octanol–water partition coefficient (Wildman–Crippen LogP) is 4.44. The standard InChI is InChI=1S/C23H23N3O3/c1-28-20-11-9-17(14-21(20)29-2)23(27)25-22-12-10-18(15-24-22)26-13-5-7-16-6-3-4-8-19(16)26/h3-4,6,8-12,14-15H,5,7,13H2,1-2H3,(H,24,25,27). The molecule has 0 radical (unpaired) electrons. The molecule has 2 aromatic carbocycles. The molecular weight excluding hydrogens is 366 g/mol. The summed E-state index contributed by atoms with van der Waals surface area (Å²) in [5, 5.41) is 2.83. The summed E-state index contributed by atoms with van der Waals surface area (Å²) >= 11 is 0. The molecule has 3 aromatic rings. The average molecular weight is 389 g/mol. The van der Waals surface area contributed by atoms with Crippen LogP contribution in [-0.2, 0) is 6.42 Å². The van der Waals surface area contributed by atoms with E-state index in [1.165, 1.54) is 11.3 Å². The first-order chi connectivity index (χ1) is 14.2. The number of benzene rings is 2. The van der Waals surface area contributed by atoms with Crippen LogP contribution >= 0.6 is 0 Å². The number of hydrogen-bond donors (Lipinski definition) is 1. The van der Waals surface area contributed by atoms with Gasteiger partial charge in [-0.3, -0.25) is 4.79 Å². The number of para-hydroxylation sites is 1. The van der Waals surface area contributed by atoms with Crippen molar-refractivity contribution in [3.8, 4) is 11.5 Å². The molecule has 0 bridgehead atoms. The summed E-state index contributed by atoms with van der Waals surface area (Å²) in [5.41, 5.74) is 4.06. The quantitative estimate of drug-likeness (QED) is 0.699. The van der Waals surface area contributed by atoms with E-state index < -0.39 is 0 Å². The Morgan fingerprint density at radius 3 is 2.62 bits per heavy atom. The molecule has 0 saturated carbocycles. The number of pyridine rings is 1. The third-order valence-corrected chi connectivity index (χ3v) is 5.06. The summed E-state index contributed by atoms with van der Waals surface area (Å²) in [4.78, 5) is 19.3. The van der Waals surface area contributed by atoms with Crippen LogP contribution in [0.4, 0.5) is 17.2 Å². The second-order valence-corrected chi connectivity index (χ2v) is 6.81. The monoisotopic (exact) mass is 389 g/mol. The molecule has 148 valence electrons. The number of carbonyl (C=O) groups excluding carboxylic acids is 1. The van der Waals surface area contributed by atoms with Gasteiger partial charge in [-0.2, -0.15) is 0 Å². The van der Waals surface area contributed by atoms with Crippen molar-refractivity contribution in [2.24, 2.45) is 0 Å². The van der Waals surface area contributed by atoms with Crippen LogP contribution in [0.25, 0.3) is 0 Å². The van der Waals surface area contributed by atoms with Gasteiger partial charge in [0.25, 0.3) is 5.91 Å². The molecule has 29 heavy (non-hydrogen) atoms. The van der Waals surface area contributed by atoms with Crippen molar-refractivity contribution in [3.05, 3.63) is 71.9 Å². The Morgan fingerprint density at radius 1 is 1.03 bits per heavy atom. The van der Waals surface area contributed by atoms with Crippen molar-refractivity contribution in [2.75, 3.05) is 31.0 Å². The number of nitrogens with one attached hydrogen (secondary N) is 1. The van der Waals surface area contributed by atoms with Crippen LogP contribution in [0.15, 0.2) is 60.8 Å². The highest BCUT2D eigenvalue weighted by Gasteiger charge is 2.18. The lowest BCUT2D eigenvalue weighted by Gasteiger charge is -2.31.